The van der Waals surface area contributed by atoms with Crippen LogP contribution in [0.3, 0.4) is 0 Å². The highest BCUT2D eigenvalue weighted by Gasteiger charge is 2.08. The summed E-state index contributed by atoms with van der Waals surface area (Å²) in [6.45, 7) is 4.99. The molecule has 1 aromatic heterocycles. The largest absolute Gasteiger partial charge is 0.361 e. The molecule has 0 aliphatic carbocycles. The molecule has 0 unspecified atom stereocenters. The third-order valence-corrected chi connectivity index (χ3v) is 2.20. The first-order chi connectivity index (χ1) is 6.34. The molecule has 0 bridgehead atoms. The Labute approximate surface area is 78.0 Å². The van der Waals surface area contributed by atoms with Crippen LogP contribution in [0.15, 0.2) is 22.7 Å². The van der Waals surface area contributed by atoms with E-state index >= 15 is 0 Å². The predicted octanol–water partition coefficient (Wildman–Crippen LogP) is 1.74. The molecule has 0 amide bonds. The average Bonchev–Trinajstić information content (AvgIpc) is 2.53. The number of aromatic nitrogens is 1. The molecule has 0 aromatic carbocycles. The quantitative estimate of drug-likeness (QED) is 0.646. The SMILES string of the molecule is Cc1cc(CN2CC=CCC2)no1. The molecule has 13 heavy (non-hydrogen) atoms. The Bertz CT molecular complexity index is 304. The van der Waals surface area contributed by atoms with Crippen molar-refractivity contribution in [2.45, 2.75) is 19.9 Å². The molecule has 0 spiro atoms. The van der Waals surface area contributed by atoms with Crippen LogP contribution in [0.1, 0.15) is 17.9 Å². The van der Waals surface area contributed by atoms with Crippen LogP contribution in [0.2, 0.25) is 0 Å². The molecule has 0 atom stereocenters. The number of hydrogen-bond donors (Lipinski definition) is 0. The van der Waals surface area contributed by atoms with Crippen LogP contribution in [-0.4, -0.2) is 23.1 Å². The van der Waals surface area contributed by atoms with E-state index in [2.05, 4.69) is 22.2 Å². The molecule has 0 saturated carbocycles. The minimum Gasteiger partial charge on any atom is -0.361 e. The van der Waals surface area contributed by atoms with Gasteiger partial charge < -0.3 is 4.52 Å². The summed E-state index contributed by atoms with van der Waals surface area (Å²) in [5, 5.41) is 3.97. The topological polar surface area (TPSA) is 29.3 Å². The van der Waals surface area contributed by atoms with Crippen LogP contribution in [-0.2, 0) is 6.54 Å². The second kappa shape index (κ2) is 3.75. The van der Waals surface area contributed by atoms with E-state index in [1.54, 1.807) is 0 Å². The molecule has 3 nitrogen and oxygen atoms in total. The van der Waals surface area contributed by atoms with Crippen molar-refractivity contribution in [1.29, 1.82) is 0 Å². The van der Waals surface area contributed by atoms with Gasteiger partial charge in [-0.1, -0.05) is 17.3 Å². The lowest BCUT2D eigenvalue weighted by atomic mass is 10.2. The maximum absolute atomic E-state index is 5.01. The summed E-state index contributed by atoms with van der Waals surface area (Å²) in [4.78, 5) is 2.36. The lowest BCUT2D eigenvalue weighted by Crippen LogP contribution is -2.26. The maximum atomic E-state index is 5.01. The highest BCUT2D eigenvalue weighted by atomic mass is 16.5. The van der Waals surface area contributed by atoms with Crippen molar-refractivity contribution in [1.82, 2.24) is 10.1 Å². The van der Waals surface area contributed by atoms with Gasteiger partial charge in [-0.3, -0.25) is 4.90 Å². The molecule has 1 aliphatic heterocycles. The van der Waals surface area contributed by atoms with Crippen molar-refractivity contribution in [2.24, 2.45) is 0 Å². The van der Waals surface area contributed by atoms with Gasteiger partial charge in [0.1, 0.15) is 5.76 Å². The fraction of sp³-hybridized carbons (Fsp3) is 0.500. The van der Waals surface area contributed by atoms with Gasteiger partial charge in [-0.15, -0.1) is 0 Å². The van der Waals surface area contributed by atoms with E-state index in [0.717, 1.165) is 37.5 Å². The van der Waals surface area contributed by atoms with Crippen molar-refractivity contribution in [2.75, 3.05) is 13.1 Å². The summed E-state index contributed by atoms with van der Waals surface area (Å²) in [6.07, 6.45) is 5.58. The third kappa shape index (κ3) is 2.18. The van der Waals surface area contributed by atoms with Crippen molar-refractivity contribution >= 4 is 0 Å². The first-order valence-corrected chi connectivity index (χ1v) is 4.64. The molecular formula is C10H14N2O. The van der Waals surface area contributed by atoms with Gasteiger partial charge in [0.15, 0.2) is 0 Å². The summed E-state index contributed by atoms with van der Waals surface area (Å²) in [6, 6.07) is 2.00. The molecule has 0 N–H and O–H groups in total. The Hall–Kier alpha value is -1.09. The standard InChI is InChI=1S/C10H14N2O/c1-9-7-10(11-13-9)8-12-5-3-2-4-6-12/h2-3,7H,4-6,8H2,1H3. The van der Waals surface area contributed by atoms with Gasteiger partial charge in [-0.05, 0) is 13.3 Å². The first kappa shape index (κ1) is 8.51. The van der Waals surface area contributed by atoms with Gasteiger partial charge in [-0.2, -0.15) is 0 Å². The average molecular weight is 178 g/mol. The van der Waals surface area contributed by atoms with Crippen LogP contribution in [0.5, 0.6) is 0 Å². The fourth-order valence-corrected chi connectivity index (χ4v) is 1.56. The maximum Gasteiger partial charge on any atom is 0.133 e. The van der Waals surface area contributed by atoms with Crippen molar-refractivity contribution in [3.63, 3.8) is 0 Å². The second-order valence-corrected chi connectivity index (χ2v) is 3.42. The number of nitrogens with zero attached hydrogens (tertiary/aromatic N) is 2. The third-order valence-electron chi connectivity index (χ3n) is 2.20. The lowest BCUT2D eigenvalue weighted by Gasteiger charge is -2.21. The Morgan fingerprint density at radius 1 is 1.54 bits per heavy atom. The Morgan fingerprint density at radius 3 is 3.08 bits per heavy atom. The fourth-order valence-electron chi connectivity index (χ4n) is 1.56. The summed E-state index contributed by atoms with van der Waals surface area (Å²) in [7, 11) is 0. The molecule has 70 valence electrons. The minimum atomic E-state index is 0.891. The summed E-state index contributed by atoms with van der Waals surface area (Å²) in [5.41, 5.74) is 1.04. The van der Waals surface area contributed by atoms with Crippen molar-refractivity contribution in [3.05, 3.63) is 29.7 Å². The van der Waals surface area contributed by atoms with Gasteiger partial charge in [0.2, 0.25) is 0 Å². The zero-order valence-electron chi connectivity index (χ0n) is 7.86. The molecule has 2 rings (SSSR count). The van der Waals surface area contributed by atoms with Crippen molar-refractivity contribution < 1.29 is 4.52 Å². The highest BCUT2D eigenvalue weighted by Crippen LogP contribution is 2.08. The van der Waals surface area contributed by atoms with Gasteiger partial charge in [0.25, 0.3) is 0 Å². The van der Waals surface area contributed by atoms with Crippen LogP contribution < -0.4 is 0 Å². The van der Waals surface area contributed by atoms with Crippen LogP contribution in [0, 0.1) is 6.92 Å². The zero-order valence-corrected chi connectivity index (χ0v) is 7.86. The molecule has 2 heterocycles. The van der Waals surface area contributed by atoms with Gasteiger partial charge in [0.05, 0.1) is 5.69 Å². The monoisotopic (exact) mass is 178 g/mol. The summed E-state index contributed by atoms with van der Waals surface area (Å²) in [5.74, 6) is 0.891. The smallest absolute Gasteiger partial charge is 0.133 e. The number of rotatable bonds is 2. The van der Waals surface area contributed by atoms with E-state index in [0.29, 0.717) is 0 Å². The van der Waals surface area contributed by atoms with E-state index in [1.165, 1.54) is 0 Å². The molecule has 0 fully saturated rings. The molecule has 0 saturated heterocycles. The normalized spacial score (nSPS) is 17.9. The molecule has 1 aromatic rings. The van der Waals surface area contributed by atoms with Crippen LogP contribution in [0.25, 0.3) is 0 Å². The van der Waals surface area contributed by atoms with Crippen LogP contribution >= 0.6 is 0 Å². The Balaban J connectivity index is 1.94. The number of aryl methyl sites for hydroxylation is 1. The first-order valence-electron chi connectivity index (χ1n) is 4.64. The van der Waals surface area contributed by atoms with E-state index in [4.69, 9.17) is 4.52 Å². The van der Waals surface area contributed by atoms with E-state index in [-0.39, 0.29) is 0 Å². The van der Waals surface area contributed by atoms with E-state index in [1.807, 2.05) is 13.0 Å². The zero-order chi connectivity index (χ0) is 9.10. The molecule has 0 radical (unpaired) electrons. The highest BCUT2D eigenvalue weighted by molar-refractivity contribution is 5.04. The minimum absolute atomic E-state index is 0.891. The molecular weight excluding hydrogens is 164 g/mol. The van der Waals surface area contributed by atoms with Gasteiger partial charge in [0, 0.05) is 25.7 Å². The lowest BCUT2D eigenvalue weighted by molar-refractivity contribution is 0.278. The Morgan fingerprint density at radius 2 is 2.46 bits per heavy atom. The predicted molar refractivity (Wildman–Crippen MR) is 50.3 cm³/mol. The Kier molecular flexibility index (Phi) is 2.45. The van der Waals surface area contributed by atoms with Gasteiger partial charge >= 0.3 is 0 Å². The van der Waals surface area contributed by atoms with Crippen LogP contribution in [0.4, 0.5) is 0 Å². The molecule has 3 heteroatoms. The summed E-state index contributed by atoms with van der Waals surface area (Å²) >= 11 is 0. The second-order valence-electron chi connectivity index (χ2n) is 3.42. The van der Waals surface area contributed by atoms with Crippen molar-refractivity contribution in [3.8, 4) is 0 Å². The molecule has 1 aliphatic rings. The summed E-state index contributed by atoms with van der Waals surface area (Å²) < 4.78 is 5.01. The van der Waals surface area contributed by atoms with Gasteiger partial charge in [-0.25, -0.2) is 0 Å². The number of hydrogen-bond acceptors (Lipinski definition) is 3. The van der Waals surface area contributed by atoms with E-state index < -0.39 is 0 Å². The van der Waals surface area contributed by atoms with E-state index in [9.17, 15) is 0 Å².